The minimum atomic E-state index is -0.406. The Hall–Kier alpha value is -4.28. The number of nitrogens with zero attached hydrogens (tertiary/aromatic N) is 1. The van der Waals surface area contributed by atoms with E-state index in [-0.39, 0.29) is 5.92 Å². The molecule has 3 aromatic carbocycles. The SMILES string of the molecule is CC1C=Cc2c(n(-c3ccccc3-c3ccc4c(c3)C3C=C(N)C=CC3(C)O4)c3c2ccc2sc4c(c23)C(C)CC=C4)C1. The van der Waals surface area contributed by atoms with Gasteiger partial charge in [-0.25, -0.2) is 0 Å². The first-order chi connectivity index (χ1) is 20.9. The number of ether oxygens (including phenoxy) is 1. The molecule has 2 N–H and O–H groups in total. The zero-order chi connectivity index (χ0) is 29.0. The average Bonchev–Trinajstić information content (AvgIpc) is 3.64. The quantitative estimate of drug-likeness (QED) is 0.226. The minimum absolute atomic E-state index is 0.0947. The second kappa shape index (κ2) is 8.87. The topological polar surface area (TPSA) is 40.2 Å². The van der Waals surface area contributed by atoms with E-state index in [0.717, 1.165) is 24.3 Å². The van der Waals surface area contributed by atoms with Crippen molar-refractivity contribution in [3.63, 3.8) is 0 Å². The third-order valence-electron chi connectivity index (χ3n) is 10.1. The van der Waals surface area contributed by atoms with Crippen molar-refractivity contribution in [3.8, 4) is 22.6 Å². The molecule has 43 heavy (non-hydrogen) atoms. The number of rotatable bonds is 2. The third-order valence-corrected chi connectivity index (χ3v) is 11.2. The highest BCUT2D eigenvalue weighted by atomic mass is 32.1. The molecule has 1 aliphatic heterocycles. The third kappa shape index (κ3) is 3.53. The van der Waals surface area contributed by atoms with Crippen molar-refractivity contribution in [1.29, 1.82) is 0 Å². The summed E-state index contributed by atoms with van der Waals surface area (Å²) >= 11 is 1.94. The molecular formula is C39H34N2OS. The van der Waals surface area contributed by atoms with Crippen LogP contribution >= 0.6 is 11.3 Å². The molecule has 4 unspecified atom stereocenters. The van der Waals surface area contributed by atoms with E-state index >= 15 is 0 Å². The second-order valence-corrected chi connectivity index (χ2v) is 14.1. The molecule has 0 saturated carbocycles. The molecule has 0 amide bonds. The Balaban J connectivity index is 1.33. The summed E-state index contributed by atoms with van der Waals surface area (Å²) in [4.78, 5) is 1.42. The molecular weight excluding hydrogens is 545 g/mol. The van der Waals surface area contributed by atoms with E-state index in [1.807, 2.05) is 17.4 Å². The minimum Gasteiger partial charge on any atom is -0.482 e. The maximum atomic E-state index is 6.48. The number of para-hydroxylation sites is 1. The summed E-state index contributed by atoms with van der Waals surface area (Å²) in [7, 11) is 0. The van der Waals surface area contributed by atoms with Crippen molar-refractivity contribution in [2.24, 2.45) is 11.7 Å². The number of hydrogen-bond acceptors (Lipinski definition) is 3. The van der Waals surface area contributed by atoms with Crippen LogP contribution in [0.2, 0.25) is 0 Å². The number of allylic oxidation sites excluding steroid dienone is 3. The molecule has 3 nitrogen and oxygen atoms in total. The van der Waals surface area contributed by atoms with Crippen molar-refractivity contribution in [2.45, 2.75) is 51.0 Å². The number of thiophene rings is 1. The normalized spacial score (nSPS) is 24.9. The zero-order valence-corrected chi connectivity index (χ0v) is 25.5. The predicted molar refractivity (Wildman–Crippen MR) is 181 cm³/mol. The number of nitrogens with two attached hydrogens (primary N) is 1. The summed E-state index contributed by atoms with van der Waals surface area (Å²) in [5.41, 5.74) is 17.2. The fourth-order valence-corrected chi connectivity index (χ4v) is 9.21. The summed E-state index contributed by atoms with van der Waals surface area (Å²) in [5, 5.41) is 2.79. The van der Waals surface area contributed by atoms with Crippen LogP contribution in [0.25, 0.3) is 50.0 Å². The molecule has 0 bridgehead atoms. The van der Waals surface area contributed by atoms with E-state index in [2.05, 4.69) is 116 Å². The Morgan fingerprint density at radius 1 is 1.02 bits per heavy atom. The largest absolute Gasteiger partial charge is 0.482 e. The number of benzene rings is 3. The lowest BCUT2D eigenvalue weighted by Crippen LogP contribution is -2.33. The predicted octanol–water partition coefficient (Wildman–Crippen LogP) is 9.89. The Morgan fingerprint density at radius 3 is 2.81 bits per heavy atom. The summed E-state index contributed by atoms with van der Waals surface area (Å²) < 4.78 is 10.5. The van der Waals surface area contributed by atoms with Crippen molar-refractivity contribution < 1.29 is 4.74 Å². The van der Waals surface area contributed by atoms with Gasteiger partial charge in [-0.05, 0) is 91.3 Å². The second-order valence-electron chi connectivity index (χ2n) is 13.0. The highest BCUT2D eigenvalue weighted by molar-refractivity contribution is 7.20. The van der Waals surface area contributed by atoms with E-state index in [9.17, 15) is 0 Å². The molecule has 3 aliphatic carbocycles. The van der Waals surface area contributed by atoms with Crippen LogP contribution in [0.1, 0.15) is 66.3 Å². The Labute approximate surface area is 256 Å². The van der Waals surface area contributed by atoms with Crippen LogP contribution in [0.15, 0.2) is 90.7 Å². The molecule has 5 aromatic rings. The Kier molecular flexibility index (Phi) is 5.21. The molecule has 0 fully saturated rings. The van der Waals surface area contributed by atoms with Gasteiger partial charge in [-0.2, -0.15) is 0 Å². The Bertz CT molecular complexity index is 2140. The molecule has 2 aromatic heterocycles. The first-order valence-electron chi connectivity index (χ1n) is 15.5. The van der Waals surface area contributed by atoms with Gasteiger partial charge in [-0.3, -0.25) is 0 Å². The average molecular weight is 579 g/mol. The van der Waals surface area contributed by atoms with Crippen LogP contribution in [-0.2, 0) is 6.42 Å². The van der Waals surface area contributed by atoms with Crippen molar-refractivity contribution in [1.82, 2.24) is 4.57 Å². The highest BCUT2D eigenvalue weighted by Gasteiger charge is 2.43. The van der Waals surface area contributed by atoms with E-state index in [1.54, 1.807) is 0 Å². The summed E-state index contributed by atoms with van der Waals surface area (Å²) in [6.45, 7) is 6.87. The van der Waals surface area contributed by atoms with Gasteiger partial charge in [0, 0.05) is 48.4 Å². The van der Waals surface area contributed by atoms with Crippen LogP contribution in [0.3, 0.4) is 0 Å². The summed E-state index contributed by atoms with van der Waals surface area (Å²) in [6, 6.07) is 20.4. The van der Waals surface area contributed by atoms with Gasteiger partial charge in [-0.15, -0.1) is 11.3 Å². The zero-order valence-electron chi connectivity index (χ0n) is 24.7. The summed E-state index contributed by atoms with van der Waals surface area (Å²) in [5.74, 6) is 2.03. The number of aromatic nitrogens is 1. The van der Waals surface area contributed by atoms with Gasteiger partial charge in [0.2, 0.25) is 0 Å². The molecule has 0 saturated heterocycles. The van der Waals surface area contributed by atoms with Crippen molar-refractivity contribution in [2.75, 3.05) is 0 Å². The van der Waals surface area contributed by atoms with Crippen LogP contribution in [0.4, 0.5) is 0 Å². The van der Waals surface area contributed by atoms with Gasteiger partial charge < -0.3 is 15.0 Å². The van der Waals surface area contributed by atoms with Crippen LogP contribution in [0.5, 0.6) is 5.75 Å². The number of hydrogen-bond donors (Lipinski definition) is 1. The number of fused-ring (bicyclic) bond motifs is 10. The van der Waals surface area contributed by atoms with Crippen molar-refractivity contribution in [3.05, 3.63) is 118 Å². The highest BCUT2D eigenvalue weighted by Crippen LogP contribution is 2.51. The monoisotopic (exact) mass is 578 g/mol. The molecule has 9 rings (SSSR count). The van der Waals surface area contributed by atoms with Gasteiger partial charge >= 0.3 is 0 Å². The van der Waals surface area contributed by atoms with E-state index < -0.39 is 5.60 Å². The molecule has 0 radical (unpaired) electrons. The molecule has 4 aliphatic rings. The fraction of sp³-hybridized carbons (Fsp3) is 0.231. The first kappa shape index (κ1) is 25.2. The molecule has 4 heteroatoms. The van der Waals surface area contributed by atoms with Crippen LogP contribution < -0.4 is 10.5 Å². The maximum Gasteiger partial charge on any atom is 0.135 e. The molecule has 4 atom stereocenters. The maximum absolute atomic E-state index is 6.48. The van der Waals surface area contributed by atoms with Gasteiger partial charge in [0.05, 0.1) is 17.1 Å². The van der Waals surface area contributed by atoms with E-state index in [4.69, 9.17) is 10.5 Å². The van der Waals surface area contributed by atoms with Crippen LogP contribution in [0, 0.1) is 5.92 Å². The smallest absolute Gasteiger partial charge is 0.135 e. The molecule has 3 heterocycles. The van der Waals surface area contributed by atoms with Crippen LogP contribution in [-0.4, -0.2) is 10.2 Å². The van der Waals surface area contributed by atoms with E-state index in [1.165, 1.54) is 65.1 Å². The molecule has 212 valence electrons. The van der Waals surface area contributed by atoms with Gasteiger partial charge in [0.15, 0.2) is 0 Å². The van der Waals surface area contributed by atoms with E-state index in [0.29, 0.717) is 11.8 Å². The van der Waals surface area contributed by atoms with Crippen molar-refractivity contribution >= 4 is 44.5 Å². The fourth-order valence-electron chi connectivity index (χ4n) is 7.95. The molecule has 0 spiro atoms. The van der Waals surface area contributed by atoms with Gasteiger partial charge in [-0.1, -0.05) is 62.4 Å². The lowest BCUT2D eigenvalue weighted by atomic mass is 9.81. The lowest BCUT2D eigenvalue weighted by Gasteiger charge is -2.28. The lowest BCUT2D eigenvalue weighted by molar-refractivity contribution is 0.155. The van der Waals surface area contributed by atoms with Gasteiger partial charge in [0.25, 0.3) is 0 Å². The summed E-state index contributed by atoms with van der Waals surface area (Å²) in [6.07, 6.45) is 17.8. The first-order valence-corrected chi connectivity index (χ1v) is 16.3. The Morgan fingerprint density at radius 2 is 1.91 bits per heavy atom. The standard InChI is InChI=1S/C39H34N2OS/c1-22-11-13-27-28-14-16-35-37(36-23(2)7-6-10-34(36)43-35)38(28)41(32(27)19-22)31-9-5-4-8-26(31)24-12-15-33-29(20-24)30-21-25(40)17-18-39(30,3)42-33/h4-6,8-18,20-23,30H,7,19,40H2,1-3H3. The van der Waals surface area contributed by atoms with Gasteiger partial charge in [0.1, 0.15) is 11.4 Å².